The van der Waals surface area contributed by atoms with Crippen molar-refractivity contribution in [1.29, 1.82) is 0 Å². The van der Waals surface area contributed by atoms with Crippen LogP contribution in [0, 0.1) is 5.82 Å². The highest BCUT2D eigenvalue weighted by Gasteiger charge is 2.20. The van der Waals surface area contributed by atoms with Gasteiger partial charge < -0.3 is 15.0 Å². The first-order chi connectivity index (χ1) is 9.06. The van der Waals surface area contributed by atoms with Crippen molar-refractivity contribution in [2.24, 2.45) is 5.73 Å². The van der Waals surface area contributed by atoms with Gasteiger partial charge in [0.1, 0.15) is 11.6 Å². The molecule has 2 aromatic rings. The van der Waals surface area contributed by atoms with E-state index in [4.69, 9.17) is 15.0 Å². The fraction of sp³-hybridized carbons (Fsp3) is 0.385. The van der Waals surface area contributed by atoms with Crippen molar-refractivity contribution < 1.29 is 13.7 Å². The maximum Gasteiger partial charge on any atom is 0.240 e. The largest absolute Gasteiger partial charge is 0.496 e. The molecule has 1 heterocycles. The van der Waals surface area contributed by atoms with Gasteiger partial charge in [-0.1, -0.05) is 19.0 Å². The lowest BCUT2D eigenvalue weighted by atomic mass is 9.95. The summed E-state index contributed by atoms with van der Waals surface area (Å²) in [5.41, 5.74) is 6.84. The zero-order valence-corrected chi connectivity index (χ0v) is 11.1. The van der Waals surface area contributed by atoms with E-state index in [-0.39, 0.29) is 12.5 Å². The van der Waals surface area contributed by atoms with Crippen LogP contribution >= 0.6 is 0 Å². The van der Waals surface area contributed by atoms with Crippen LogP contribution in [0.3, 0.4) is 0 Å². The molecule has 0 atom stereocenters. The van der Waals surface area contributed by atoms with Crippen LogP contribution in [-0.2, 0) is 6.54 Å². The summed E-state index contributed by atoms with van der Waals surface area (Å²) in [6, 6.07) is 2.73. The summed E-state index contributed by atoms with van der Waals surface area (Å²) in [6.07, 6.45) is 0. The molecule has 0 saturated heterocycles. The molecule has 0 bridgehead atoms. The molecule has 0 saturated carbocycles. The van der Waals surface area contributed by atoms with Crippen LogP contribution < -0.4 is 10.5 Å². The van der Waals surface area contributed by atoms with Gasteiger partial charge in [0, 0.05) is 17.2 Å². The number of hydrogen-bond acceptors (Lipinski definition) is 5. The topological polar surface area (TPSA) is 74.2 Å². The van der Waals surface area contributed by atoms with Gasteiger partial charge in [-0.15, -0.1) is 0 Å². The SMILES string of the molecule is COc1cc(F)cc(-c2noc(CN)n2)c1C(C)C. The summed E-state index contributed by atoms with van der Waals surface area (Å²) in [6.45, 7) is 4.13. The second-order valence-electron chi connectivity index (χ2n) is 4.44. The average Bonchev–Trinajstić information content (AvgIpc) is 2.85. The number of halogens is 1. The lowest BCUT2D eigenvalue weighted by Gasteiger charge is -2.15. The van der Waals surface area contributed by atoms with Crippen LogP contribution in [0.2, 0.25) is 0 Å². The normalized spacial score (nSPS) is 11.1. The van der Waals surface area contributed by atoms with Gasteiger partial charge in [-0.3, -0.25) is 0 Å². The molecule has 0 spiro atoms. The number of ether oxygens (including phenoxy) is 1. The highest BCUT2D eigenvalue weighted by molar-refractivity contribution is 5.65. The second kappa shape index (κ2) is 5.36. The molecule has 0 aliphatic heterocycles. The van der Waals surface area contributed by atoms with E-state index < -0.39 is 5.82 Å². The number of rotatable bonds is 4. The first-order valence-electron chi connectivity index (χ1n) is 5.97. The van der Waals surface area contributed by atoms with Crippen LogP contribution in [0.1, 0.15) is 31.2 Å². The van der Waals surface area contributed by atoms with Gasteiger partial charge in [-0.05, 0) is 12.0 Å². The van der Waals surface area contributed by atoms with Gasteiger partial charge in [0.25, 0.3) is 0 Å². The van der Waals surface area contributed by atoms with Gasteiger partial charge in [0.15, 0.2) is 0 Å². The van der Waals surface area contributed by atoms with Gasteiger partial charge in [0.05, 0.1) is 13.7 Å². The molecule has 0 unspecified atom stereocenters. The molecule has 1 aromatic heterocycles. The number of nitrogens with zero attached hydrogens (tertiary/aromatic N) is 2. The van der Waals surface area contributed by atoms with Crippen molar-refractivity contribution in [3.63, 3.8) is 0 Å². The van der Waals surface area contributed by atoms with E-state index in [0.717, 1.165) is 5.56 Å². The maximum absolute atomic E-state index is 13.6. The number of hydrogen-bond donors (Lipinski definition) is 1. The molecule has 1 aromatic carbocycles. The Morgan fingerprint density at radius 2 is 2.16 bits per heavy atom. The van der Waals surface area contributed by atoms with Crippen molar-refractivity contribution in [3.8, 4) is 17.1 Å². The van der Waals surface area contributed by atoms with Gasteiger partial charge in [-0.25, -0.2) is 4.39 Å². The number of aromatic nitrogens is 2. The minimum absolute atomic E-state index is 0.130. The summed E-state index contributed by atoms with van der Waals surface area (Å²) in [5, 5.41) is 3.83. The summed E-state index contributed by atoms with van der Waals surface area (Å²) in [5.74, 6) is 0.833. The van der Waals surface area contributed by atoms with Crippen molar-refractivity contribution >= 4 is 0 Å². The lowest BCUT2D eigenvalue weighted by molar-refractivity contribution is 0.380. The summed E-state index contributed by atoms with van der Waals surface area (Å²) in [4.78, 5) is 4.13. The highest BCUT2D eigenvalue weighted by atomic mass is 19.1. The van der Waals surface area contributed by atoms with E-state index in [2.05, 4.69) is 10.1 Å². The van der Waals surface area contributed by atoms with Crippen LogP contribution in [0.15, 0.2) is 16.7 Å². The molecular formula is C13H16FN3O2. The Morgan fingerprint density at radius 3 is 2.68 bits per heavy atom. The molecule has 0 fully saturated rings. The average molecular weight is 265 g/mol. The van der Waals surface area contributed by atoms with Crippen molar-refractivity contribution in [2.75, 3.05) is 7.11 Å². The quantitative estimate of drug-likeness (QED) is 0.919. The third kappa shape index (κ3) is 2.58. The van der Waals surface area contributed by atoms with E-state index in [1.807, 2.05) is 13.8 Å². The minimum Gasteiger partial charge on any atom is -0.496 e. The molecule has 0 radical (unpaired) electrons. The Morgan fingerprint density at radius 1 is 1.42 bits per heavy atom. The Bertz CT molecular complexity index is 581. The molecule has 0 aliphatic carbocycles. The Balaban J connectivity index is 2.63. The van der Waals surface area contributed by atoms with Crippen molar-refractivity contribution in [3.05, 3.63) is 29.4 Å². The maximum atomic E-state index is 13.6. The molecule has 2 rings (SSSR count). The van der Waals surface area contributed by atoms with E-state index in [1.54, 1.807) is 0 Å². The monoisotopic (exact) mass is 265 g/mol. The van der Waals surface area contributed by atoms with Crippen LogP contribution in [0.5, 0.6) is 5.75 Å². The van der Waals surface area contributed by atoms with E-state index in [9.17, 15) is 4.39 Å². The Labute approximate surface area is 110 Å². The zero-order valence-electron chi connectivity index (χ0n) is 11.1. The van der Waals surface area contributed by atoms with Crippen molar-refractivity contribution in [2.45, 2.75) is 26.3 Å². The minimum atomic E-state index is -0.407. The molecule has 0 aliphatic rings. The molecule has 102 valence electrons. The Hall–Kier alpha value is -1.95. The van der Waals surface area contributed by atoms with Crippen molar-refractivity contribution in [1.82, 2.24) is 10.1 Å². The predicted molar refractivity (Wildman–Crippen MR) is 68.2 cm³/mol. The van der Waals surface area contributed by atoms with Crippen LogP contribution in [0.25, 0.3) is 11.4 Å². The first-order valence-corrected chi connectivity index (χ1v) is 5.97. The zero-order chi connectivity index (χ0) is 14.0. The molecule has 5 nitrogen and oxygen atoms in total. The molecule has 0 amide bonds. The first kappa shape index (κ1) is 13.5. The number of methoxy groups -OCH3 is 1. The number of nitrogens with two attached hydrogens (primary N) is 1. The third-order valence-electron chi connectivity index (χ3n) is 2.79. The van der Waals surface area contributed by atoms with Crippen LogP contribution in [0.4, 0.5) is 4.39 Å². The summed E-state index contributed by atoms with van der Waals surface area (Å²) >= 11 is 0. The molecule has 2 N–H and O–H groups in total. The smallest absolute Gasteiger partial charge is 0.240 e. The fourth-order valence-electron chi connectivity index (χ4n) is 1.99. The second-order valence-corrected chi connectivity index (χ2v) is 4.44. The Kier molecular flexibility index (Phi) is 3.80. The van der Waals surface area contributed by atoms with E-state index >= 15 is 0 Å². The highest BCUT2D eigenvalue weighted by Crippen LogP contribution is 2.35. The van der Waals surface area contributed by atoms with Crippen LogP contribution in [-0.4, -0.2) is 17.3 Å². The number of benzene rings is 1. The molecule has 19 heavy (non-hydrogen) atoms. The predicted octanol–water partition coefficient (Wildman–Crippen LogP) is 2.47. The molecule has 6 heteroatoms. The fourth-order valence-corrected chi connectivity index (χ4v) is 1.99. The molecular weight excluding hydrogens is 249 g/mol. The lowest BCUT2D eigenvalue weighted by Crippen LogP contribution is -2.00. The van der Waals surface area contributed by atoms with E-state index in [1.165, 1.54) is 19.2 Å². The standard InChI is InChI=1S/C13H16FN3O2/c1-7(2)12-9(4-8(14)5-10(12)18-3)13-16-11(6-15)19-17-13/h4-5,7H,6,15H2,1-3H3. The summed E-state index contributed by atoms with van der Waals surface area (Å²) < 4.78 is 23.8. The van der Waals surface area contributed by atoms with Gasteiger partial charge in [0.2, 0.25) is 11.7 Å². The van der Waals surface area contributed by atoms with E-state index in [0.29, 0.717) is 23.0 Å². The third-order valence-corrected chi connectivity index (χ3v) is 2.79. The summed E-state index contributed by atoms with van der Waals surface area (Å²) in [7, 11) is 1.51. The van der Waals surface area contributed by atoms with Gasteiger partial charge >= 0.3 is 0 Å². The van der Waals surface area contributed by atoms with Gasteiger partial charge in [-0.2, -0.15) is 4.98 Å².